The van der Waals surface area contributed by atoms with E-state index >= 15 is 0 Å². The second-order valence-electron chi connectivity index (χ2n) is 5.28. The van der Waals surface area contributed by atoms with E-state index in [1.165, 1.54) is 0 Å². The van der Waals surface area contributed by atoms with Crippen LogP contribution >= 0.6 is 23.4 Å². The highest BCUT2D eigenvalue weighted by atomic mass is 35.5. The molecule has 1 aliphatic rings. The smallest absolute Gasteiger partial charge is 0.238 e. The molecule has 1 atom stereocenters. The van der Waals surface area contributed by atoms with Gasteiger partial charge in [0.2, 0.25) is 5.91 Å². The topological polar surface area (TPSA) is 55.1 Å². The second-order valence-corrected chi connectivity index (χ2v) is 6.76. The van der Waals surface area contributed by atoms with E-state index in [0.29, 0.717) is 11.7 Å². The van der Waals surface area contributed by atoms with Gasteiger partial charge in [-0.1, -0.05) is 18.5 Å². The molecule has 1 aromatic carbocycles. The van der Waals surface area contributed by atoms with Crippen LogP contribution in [-0.4, -0.2) is 23.7 Å². The summed E-state index contributed by atoms with van der Waals surface area (Å²) in [6.45, 7) is 2.92. The minimum Gasteiger partial charge on any atom is -0.368 e. The SMILES string of the molecule is CCCNC(CSc1ccc(Cl)cc1)(C(N)=O)C1CC1. The zero-order chi connectivity index (χ0) is 14.6. The number of nitrogens with one attached hydrogen (secondary N) is 1. The number of carbonyl (C=O) groups is 1. The standard InChI is InChI=1S/C15H21ClN2OS/c1-2-9-18-15(14(17)19,11-3-4-11)10-20-13-7-5-12(16)6-8-13/h5-8,11,18H,2-4,9-10H2,1H3,(H2,17,19). The number of amides is 1. The Labute approximate surface area is 129 Å². The van der Waals surface area contributed by atoms with Crippen molar-refractivity contribution in [2.45, 2.75) is 36.6 Å². The highest BCUT2D eigenvalue weighted by Crippen LogP contribution is 2.42. The largest absolute Gasteiger partial charge is 0.368 e. The Bertz CT molecular complexity index is 461. The third-order valence-corrected chi connectivity index (χ3v) is 5.14. The van der Waals surface area contributed by atoms with E-state index in [4.69, 9.17) is 17.3 Å². The lowest BCUT2D eigenvalue weighted by molar-refractivity contribution is -0.124. The molecule has 0 heterocycles. The molecular formula is C15H21ClN2OS. The van der Waals surface area contributed by atoms with Crippen LogP contribution in [0.5, 0.6) is 0 Å². The molecule has 0 aromatic heterocycles. The first kappa shape index (κ1) is 15.7. The molecule has 0 saturated heterocycles. The second kappa shape index (κ2) is 6.83. The van der Waals surface area contributed by atoms with Crippen molar-refractivity contribution < 1.29 is 4.79 Å². The zero-order valence-electron chi connectivity index (χ0n) is 11.7. The van der Waals surface area contributed by atoms with Crippen molar-refractivity contribution >= 4 is 29.3 Å². The molecule has 0 spiro atoms. The van der Waals surface area contributed by atoms with Crippen LogP contribution < -0.4 is 11.1 Å². The van der Waals surface area contributed by atoms with Crippen LogP contribution in [0.3, 0.4) is 0 Å². The summed E-state index contributed by atoms with van der Waals surface area (Å²) in [6.07, 6.45) is 3.16. The van der Waals surface area contributed by atoms with E-state index in [0.717, 1.165) is 35.7 Å². The van der Waals surface area contributed by atoms with Gasteiger partial charge in [0.05, 0.1) is 0 Å². The third-order valence-electron chi connectivity index (χ3n) is 3.68. The molecule has 1 aromatic rings. The van der Waals surface area contributed by atoms with Crippen molar-refractivity contribution in [1.29, 1.82) is 0 Å². The van der Waals surface area contributed by atoms with Crippen LogP contribution in [-0.2, 0) is 4.79 Å². The van der Waals surface area contributed by atoms with Gasteiger partial charge in [-0.2, -0.15) is 0 Å². The van der Waals surface area contributed by atoms with Crippen molar-refractivity contribution in [3.8, 4) is 0 Å². The van der Waals surface area contributed by atoms with Gasteiger partial charge in [-0.15, -0.1) is 11.8 Å². The van der Waals surface area contributed by atoms with Gasteiger partial charge in [-0.25, -0.2) is 0 Å². The number of thioether (sulfide) groups is 1. The fraction of sp³-hybridized carbons (Fsp3) is 0.533. The van der Waals surface area contributed by atoms with Gasteiger partial charge >= 0.3 is 0 Å². The number of benzene rings is 1. The molecule has 1 saturated carbocycles. The van der Waals surface area contributed by atoms with Gasteiger partial charge in [-0.05, 0) is 56.0 Å². The highest BCUT2D eigenvalue weighted by molar-refractivity contribution is 7.99. The average molecular weight is 313 g/mol. The van der Waals surface area contributed by atoms with Gasteiger partial charge in [0.25, 0.3) is 0 Å². The lowest BCUT2D eigenvalue weighted by Gasteiger charge is -2.31. The molecule has 0 radical (unpaired) electrons. The normalized spacial score (nSPS) is 17.7. The Balaban J connectivity index is 2.06. The van der Waals surface area contributed by atoms with Crippen molar-refractivity contribution in [3.63, 3.8) is 0 Å². The van der Waals surface area contributed by atoms with Gasteiger partial charge in [-0.3, -0.25) is 4.79 Å². The molecule has 2 rings (SSSR count). The van der Waals surface area contributed by atoms with Gasteiger partial charge in [0.1, 0.15) is 5.54 Å². The maximum absolute atomic E-state index is 12.0. The third kappa shape index (κ3) is 3.68. The summed E-state index contributed by atoms with van der Waals surface area (Å²) in [5.41, 5.74) is 5.14. The molecule has 110 valence electrons. The Hall–Kier alpha value is -0.710. The molecule has 1 fully saturated rings. The number of nitrogens with two attached hydrogens (primary N) is 1. The van der Waals surface area contributed by atoms with Crippen molar-refractivity contribution in [1.82, 2.24) is 5.32 Å². The minimum atomic E-state index is -0.569. The van der Waals surface area contributed by atoms with E-state index in [-0.39, 0.29) is 5.91 Å². The van der Waals surface area contributed by atoms with E-state index in [1.807, 2.05) is 24.3 Å². The summed E-state index contributed by atoms with van der Waals surface area (Å²) in [4.78, 5) is 13.1. The molecule has 0 aliphatic heterocycles. The lowest BCUT2D eigenvalue weighted by Crippen LogP contribution is -2.59. The molecule has 0 bridgehead atoms. The lowest BCUT2D eigenvalue weighted by atomic mass is 9.94. The molecule has 3 nitrogen and oxygen atoms in total. The van der Waals surface area contributed by atoms with Crippen LogP contribution in [0.4, 0.5) is 0 Å². The summed E-state index contributed by atoms with van der Waals surface area (Å²) in [6, 6.07) is 7.69. The summed E-state index contributed by atoms with van der Waals surface area (Å²) in [5, 5.41) is 4.13. The first-order valence-electron chi connectivity index (χ1n) is 7.02. The Kier molecular flexibility index (Phi) is 5.35. The maximum atomic E-state index is 12.0. The molecule has 5 heteroatoms. The van der Waals surface area contributed by atoms with Gasteiger partial charge < -0.3 is 11.1 Å². The van der Waals surface area contributed by atoms with Gasteiger partial charge in [0, 0.05) is 15.7 Å². The molecule has 1 amide bonds. The predicted octanol–water partition coefficient (Wildman–Crippen LogP) is 3.07. The fourth-order valence-corrected chi connectivity index (χ4v) is 3.65. The average Bonchev–Trinajstić information content (AvgIpc) is 3.26. The first-order valence-corrected chi connectivity index (χ1v) is 8.38. The van der Waals surface area contributed by atoms with Crippen LogP contribution in [0.25, 0.3) is 0 Å². The zero-order valence-corrected chi connectivity index (χ0v) is 13.3. The molecule has 1 unspecified atom stereocenters. The summed E-state index contributed by atoms with van der Waals surface area (Å²) >= 11 is 7.55. The first-order chi connectivity index (χ1) is 9.58. The molecule has 20 heavy (non-hydrogen) atoms. The monoisotopic (exact) mass is 312 g/mol. The predicted molar refractivity (Wildman–Crippen MR) is 85.1 cm³/mol. The Morgan fingerprint density at radius 2 is 2.10 bits per heavy atom. The number of hydrogen-bond donors (Lipinski definition) is 2. The number of carbonyl (C=O) groups excluding carboxylic acids is 1. The van der Waals surface area contributed by atoms with Crippen molar-refractivity contribution in [2.24, 2.45) is 11.7 Å². The number of hydrogen-bond acceptors (Lipinski definition) is 3. The number of halogens is 1. The van der Waals surface area contributed by atoms with Crippen molar-refractivity contribution in [2.75, 3.05) is 12.3 Å². The number of rotatable bonds is 8. The van der Waals surface area contributed by atoms with Crippen LogP contribution in [0.1, 0.15) is 26.2 Å². The Morgan fingerprint density at radius 3 is 2.60 bits per heavy atom. The van der Waals surface area contributed by atoms with E-state index in [2.05, 4.69) is 12.2 Å². The molecular weight excluding hydrogens is 292 g/mol. The fourth-order valence-electron chi connectivity index (χ4n) is 2.32. The van der Waals surface area contributed by atoms with E-state index in [9.17, 15) is 4.79 Å². The molecule has 3 N–H and O–H groups in total. The summed E-state index contributed by atoms with van der Waals surface area (Å²) in [7, 11) is 0. The van der Waals surface area contributed by atoms with Crippen LogP contribution in [0.15, 0.2) is 29.2 Å². The maximum Gasteiger partial charge on any atom is 0.238 e. The summed E-state index contributed by atoms with van der Waals surface area (Å²) < 4.78 is 0. The Morgan fingerprint density at radius 1 is 1.45 bits per heavy atom. The van der Waals surface area contributed by atoms with E-state index < -0.39 is 5.54 Å². The molecule has 1 aliphatic carbocycles. The highest BCUT2D eigenvalue weighted by Gasteiger charge is 2.49. The quantitative estimate of drug-likeness (QED) is 0.725. The van der Waals surface area contributed by atoms with E-state index in [1.54, 1.807) is 11.8 Å². The van der Waals surface area contributed by atoms with Crippen LogP contribution in [0, 0.1) is 5.92 Å². The van der Waals surface area contributed by atoms with Crippen molar-refractivity contribution in [3.05, 3.63) is 29.3 Å². The minimum absolute atomic E-state index is 0.227. The summed E-state index contributed by atoms with van der Waals surface area (Å²) in [5.74, 6) is 0.829. The number of primary amides is 1. The van der Waals surface area contributed by atoms with Crippen LogP contribution in [0.2, 0.25) is 5.02 Å². The van der Waals surface area contributed by atoms with Gasteiger partial charge in [0.15, 0.2) is 0 Å².